The summed E-state index contributed by atoms with van der Waals surface area (Å²) in [7, 11) is 1.55. The molecule has 0 spiro atoms. The number of hydrogen-bond acceptors (Lipinski definition) is 5. The number of ether oxygens (including phenoxy) is 1. The fraction of sp³-hybridized carbons (Fsp3) is 0.0455. The molecule has 6 nitrogen and oxygen atoms in total. The topological polar surface area (TPSA) is 71.8 Å². The van der Waals surface area contributed by atoms with Crippen molar-refractivity contribution in [2.75, 3.05) is 12.0 Å². The number of methoxy groups -OCH3 is 1. The summed E-state index contributed by atoms with van der Waals surface area (Å²) in [5, 5.41) is 9.70. The Labute approximate surface area is 192 Å². The number of aromatic carboxylic acids is 1. The molecule has 9 heteroatoms. The monoisotopic (exact) mass is 470 g/mol. The Morgan fingerprint density at radius 3 is 2.68 bits per heavy atom. The molecule has 0 saturated carbocycles. The van der Waals surface area contributed by atoms with E-state index in [1.807, 2.05) is 29.0 Å². The summed E-state index contributed by atoms with van der Waals surface area (Å²) < 4.78 is 7.43. The maximum atomic E-state index is 13.1. The molecule has 2 aromatic carbocycles. The summed E-state index contributed by atoms with van der Waals surface area (Å²) in [5.74, 6) is -0.805. The van der Waals surface area contributed by atoms with Crippen LogP contribution in [0.1, 0.15) is 16.1 Å². The Hall–Kier alpha value is -3.07. The van der Waals surface area contributed by atoms with Crippen LogP contribution in [-0.2, 0) is 4.79 Å². The van der Waals surface area contributed by atoms with Crippen molar-refractivity contribution in [2.24, 2.45) is 0 Å². The molecule has 1 aromatic heterocycles. The van der Waals surface area contributed by atoms with E-state index in [0.717, 1.165) is 23.1 Å². The predicted molar refractivity (Wildman–Crippen MR) is 126 cm³/mol. The first-order valence-electron chi connectivity index (χ1n) is 9.01. The second kappa shape index (κ2) is 8.58. The van der Waals surface area contributed by atoms with E-state index in [1.165, 1.54) is 17.0 Å². The van der Waals surface area contributed by atoms with E-state index in [-0.39, 0.29) is 11.5 Å². The molecule has 1 amide bonds. The maximum Gasteiger partial charge on any atom is 0.335 e. The van der Waals surface area contributed by atoms with E-state index >= 15 is 0 Å². The number of carbonyl (C=O) groups excluding carboxylic acids is 1. The lowest BCUT2D eigenvalue weighted by Gasteiger charge is -2.15. The molecule has 0 unspecified atom stereocenters. The van der Waals surface area contributed by atoms with Gasteiger partial charge in [-0.1, -0.05) is 41.6 Å². The number of aromatic nitrogens is 1. The van der Waals surface area contributed by atoms with Gasteiger partial charge in [-0.05, 0) is 54.6 Å². The Bertz CT molecular complexity index is 1250. The molecule has 1 aliphatic heterocycles. The fourth-order valence-corrected chi connectivity index (χ4v) is 4.69. The zero-order chi connectivity index (χ0) is 22.1. The first-order valence-corrected chi connectivity index (χ1v) is 10.6. The van der Waals surface area contributed by atoms with Gasteiger partial charge in [0.15, 0.2) is 4.32 Å². The lowest BCUT2D eigenvalue weighted by atomic mass is 10.2. The zero-order valence-corrected chi connectivity index (χ0v) is 18.5. The van der Waals surface area contributed by atoms with Crippen LogP contribution in [0.2, 0.25) is 5.02 Å². The normalized spacial score (nSPS) is 15.0. The fourth-order valence-electron chi connectivity index (χ4n) is 3.15. The number of thioether (sulfide) groups is 1. The van der Waals surface area contributed by atoms with Crippen LogP contribution in [0.3, 0.4) is 0 Å². The van der Waals surface area contributed by atoms with Crippen molar-refractivity contribution in [1.29, 1.82) is 0 Å². The molecule has 2 heterocycles. The average molecular weight is 471 g/mol. The van der Waals surface area contributed by atoms with Crippen molar-refractivity contribution < 1.29 is 19.4 Å². The van der Waals surface area contributed by atoms with Crippen LogP contribution in [0, 0.1) is 0 Å². The number of benzene rings is 2. The molecule has 0 aliphatic carbocycles. The molecular weight excluding hydrogens is 456 g/mol. The van der Waals surface area contributed by atoms with Crippen LogP contribution in [0.5, 0.6) is 5.75 Å². The molecule has 0 radical (unpaired) electrons. The van der Waals surface area contributed by atoms with Gasteiger partial charge in [-0.3, -0.25) is 9.69 Å². The van der Waals surface area contributed by atoms with Gasteiger partial charge in [0.1, 0.15) is 5.75 Å². The minimum Gasteiger partial charge on any atom is -0.495 e. The second-order valence-corrected chi connectivity index (χ2v) is 8.58. The SMILES string of the molecule is COc1ccc(-n2cccc2/C=C2\SC(=S)N(c3cccc(C(=O)O)c3)C2=O)cc1Cl. The van der Waals surface area contributed by atoms with Crippen LogP contribution >= 0.6 is 35.6 Å². The van der Waals surface area contributed by atoms with Gasteiger partial charge in [-0.15, -0.1) is 0 Å². The lowest BCUT2D eigenvalue weighted by molar-refractivity contribution is -0.113. The molecule has 1 N–H and O–H groups in total. The molecule has 1 saturated heterocycles. The minimum absolute atomic E-state index is 0.0841. The highest BCUT2D eigenvalue weighted by Crippen LogP contribution is 2.37. The average Bonchev–Trinajstić information content (AvgIpc) is 3.32. The third-order valence-electron chi connectivity index (χ3n) is 4.62. The van der Waals surface area contributed by atoms with Crippen LogP contribution in [0.25, 0.3) is 11.8 Å². The van der Waals surface area contributed by atoms with Crippen molar-refractivity contribution in [3.05, 3.63) is 82.0 Å². The van der Waals surface area contributed by atoms with Crippen LogP contribution < -0.4 is 9.64 Å². The number of rotatable bonds is 5. The molecular formula is C22H15ClN2O4S2. The van der Waals surface area contributed by atoms with Gasteiger partial charge in [-0.2, -0.15) is 0 Å². The quantitative estimate of drug-likeness (QED) is 0.406. The number of amides is 1. The van der Waals surface area contributed by atoms with Crippen LogP contribution in [0.15, 0.2) is 65.7 Å². The van der Waals surface area contributed by atoms with E-state index in [1.54, 1.807) is 37.5 Å². The highest BCUT2D eigenvalue weighted by molar-refractivity contribution is 8.27. The Morgan fingerprint density at radius 1 is 1.16 bits per heavy atom. The number of halogens is 1. The van der Waals surface area contributed by atoms with E-state index in [0.29, 0.717) is 25.7 Å². The minimum atomic E-state index is -1.07. The van der Waals surface area contributed by atoms with Gasteiger partial charge in [0.2, 0.25) is 0 Å². The Kier molecular flexibility index (Phi) is 5.86. The predicted octanol–water partition coefficient (Wildman–Crippen LogP) is 5.24. The number of anilines is 1. The third kappa shape index (κ3) is 4.10. The molecule has 1 aliphatic rings. The Balaban J connectivity index is 1.67. The number of nitrogens with zero attached hydrogens (tertiary/aromatic N) is 2. The summed E-state index contributed by atoms with van der Waals surface area (Å²) in [6.07, 6.45) is 3.61. The largest absolute Gasteiger partial charge is 0.495 e. The smallest absolute Gasteiger partial charge is 0.335 e. The van der Waals surface area contributed by atoms with Gasteiger partial charge in [0.25, 0.3) is 5.91 Å². The van der Waals surface area contributed by atoms with Crippen LogP contribution in [0.4, 0.5) is 5.69 Å². The molecule has 0 bridgehead atoms. The van der Waals surface area contributed by atoms with Crippen molar-refractivity contribution in [3.63, 3.8) is 0 Å². The van der Waals surface area contributed by atoms with Crippen molar-refractivity contribution >= 4 is 63.5 Å². The number of hydrogen-bond donors (Lipinski definition) is 1. The third-order valence-corrected chi connectivity index (χ3v) is 6.22. The Morgan fingerprint density at radius 2 is 1.97 bits per heavy atom. The van der Waals surface area contributed by atoms with Crippen LogP contribution in [-0.4, -0.2) is 33.0 Å². The molecule has 3 aromatic rings. The standard InChI is InChI=1S/C22H15ClN2O4S2/c1-29-18-8-7-15(11-17(18)23)24-9-3-6-14(24)12-19-20(26)25(22(30)31-19)16-5-2-4-13(10-16)21(27)28/h2-12H,1H3,(H,27,28)/b19-12-. The highest BCUT2D eigenvalue weighted by atomic mass is 35.5. The van der Waals surface area contributed by atoms with Gasteiger partial charge in [-0.25, -0.2) is 4.79 Å². The van der Waals surface area contributed by atoms with Gasteiger partial charge >= 0.3 is 5.97 Å². The highest BCUT2D eigenvalue weighted by Gasteiger charge is 2.33. The van der Waals surface area contributed by atoms with Gasteiger partial charge in [0.05, 0.1) is 28.3 Å². The van der Waals surface area contributed by atoms with Gasteiger partial charge < -0.3 is 14.4 Å². The number of carbonyl (C=O) groups is 2. The second-order valence-electron chi connectivity index (χ2n) is 6.49. The molecule has 1 fully saturated rings. The first-order chi connectivity index (χ1) is 14.9. The van der Waals surface area contributed by atoms with Crippen molar-refractivity contribution in [1.82, 2.24) is 4.57 Å². The lowest BCUT2D eigenvalue weighted by Crippen LogP contribution is -2.27. The maximum absolute atomic E-state index is 13.1. The zero-order valence-electron chi connectivity index (χ0n) is 16.1. The molecule has 31 heavy (non-hydrogen) atoms. The van der Waals surface area contributed by atoms with E-state index < -0.39 is 5.97 Å². The molecule has 4 rings (SSSR count). The summed E-state index contributed by atoms with van der Waals surface area (Å²) in [5.41, 5.74) is 2.08. The first kappa shape index (κ1) is 21.2. The summed E-state index contributed by atoms with van der Waals surface area (Å²) >= 11 is 12.8. The number of carboxylic acid groups (broad SMARTS) is 1. The van der Waals surface area contributed by atoms with E-state index in [2.05, 4.69) is 0 Å². The number of carboxylic acids is 1. The van der Waals surface area contributed by atoms with E-state index in [9.17, 15) is 14.7 Å². The van der Waals surface area contributed by atoms with E-state index in [4.69, 9.17) is 28.6 Å². The summed E-state index contributed by atoms with van der Waals surface area (Å²) in [4.78, 5) is 26.1. The van der Waals surface area contributed by atoms with Crippen molar-refractivity contribution in [2.45, 2.75) is 0 Å². The molecule has 156 valence electrons. The summed E-state index contributed by atoms with van der Waals surface area (Å²) in [6.45, 7) is 0. The molecule has 0 atom stereocenters. The summed E-state index contributed by atoms with van der Waals surface area (Å²) in [6, 6.07) is 15.3. The van der Waals surface area contributed by atoms with Crippen molar-refractivity contribution in [3.8, 4) is 11.4 Å². The number of thiocarbonyl (C=S) groups is 1. The van der Waals surface area contributed by atoms with Gasteiger partial charge in [0, 0.05) is 17.6 Å².